The molecule has 21 heavy (non-hydrogen) atoms. The van der Waals surface area contributed by atoms with Crippen molar-refractivity contribution in [1.29, 1.82) is 0 Å². The third kappa shape index (κ3) is 3.03. The second-order valence-corrected chi connectivity index (χ2v) is 5.27. The Morgan fingerprint density at radius 3 is 2.62 bits per heavy atom. The van der Waals surface area contributed by atoms with Gasteiger partial charge in [-0.1, -0.05) is 66.8 Å². The van der Waals surface area contributed by atoms with E-state index in [1.165, 1.54) is 27.8 Å². The maximum atomic E-state index is 10.5. The fourth-order valence-corrected chi connectivity index (χ4v) is 2.74. The molecular weight excluding hydrogens is 256 g/mol. The van der Waals surface area contributed by atoms with E-state index in [2.05, 4.69) is 66.8 Å². The molecule has 3 rings (SSSR count). The van der Waals surface area contributed by atoms with E-state index >= 15 is 0 Å². The van der Waals surface area contributed by atoms with Crippen molar-refractivity contribution in [2.45, 2.75) is 19.3 Å². The largest absolute Gasteiger partial charge is 0.303 e. The highest BCUT2D eigenvalue weighted by atomic mass is 16.1. The first-order valence-corrected chi connectivity index (χ1v) is 7.36. The van der Waals surface area contributed by atoms with Crippen LogP contribution in [0.1, 0.15) is 28.7 Å². The van der Waals surface area contributed by atoms with E-state index in [4.69, 9.17) is 0 Å². The number of hydrogen-bond acceptors (Lipinski definition) is 1. The molecule has 0 N–H and O–H groups in total. The summed E-state index contributed by atoms with van der Waals surface area (Å²) in [7, 11) is 0. The first-order chi connectivity index (χ1) is 10.4. The molecule has 1 heteroatoms. The number of allylic oxidation sites excluding steroid dienone is 3. The second kappa shape index (κ2) is 6.36. The van der Waals surface area contributed by atoms with Crippen LogP contribution < -0.4 is 0 Å². The molecule has 0 saturated carbocycles. The van der Waals surface area contributed by atoms with Gasteiger partial charge in [0.1, 0.15) is 6.29 Å². The van der Waals surface area contributed by atoms with E-state index in [9.17, 15) is 4.79 Å². The predicted molar refractivity (Wildman–Crippen MR) is 87.2 cm³/mol. The zero-order chi connectivity index (χ0) is 14.5. The van der Waals surface area contributed by atoms with Gasteiger partial charge in [-0.15, -0.1) is 0 Å². The van der Waals surface area contributed by atoms with Crippen LogP contribution in [0.3, 0.4) is 0 Å². The molecule has 1 nitrogen and oxygen atoms in total. The van der Waals surface area contributed by atoms with Crippen molar-refractivity contribution in [3.05, 3.63) is 89.0 Å². The van der Waals surface area contributed by atoms with Crippen LogP contribution >= 0.6 is 0 Å². The van der Waals surface area contributed by atoms with E-state index in [1.807, 2.05) is 0 Å². The molecule has 0 aliphatic heterocycles. The zero-order valence-electron chi connectivity index (χ0n) is 12.0. The maximum Gasteiger partial charge on any atom is 0.120 e. The van der Waals surface area contributed by atoms with E-state index in [0.29, 0.717) is 6.42 Å². The first kappa shape index (κ1) is 13.6. The minimum atomic E-state index is 0.591. The highest BCUT2D eigenvalue weighted by molar-refractivity contribution is 5.83. The van der Waals surface area contributed by atoms with Crippen molar-refractivity contribution >= 4 is 11.9 Å². The third-order valence-corrected chi connectivity index (χ3v) is 3.86. The summed E-state index contributed by atoms with van der Waals surface area (Å²) in [6.07, 6.45) is 9.88. The molecule has 104 valence electrons. The Morgan fingerprint density at radius 1 is 1.00 bits per heavy atom. The van der Waals surface area contributed by atoms with Gasteiger partial charge in [0.2, 0.25) is 0 Å². The molecule has 0 saturated heterocycles. The van der Waals surface area contributed by atoms with Gasteiger partial charge in [-0.3, -0.25) is 0 Å². The molecule has 1 aliphatic carbocycles. The van der Waals surface area contributed by atoms with E-state index in [0.717, 1.165) is 19.1 Å². The maximum absolute atomic E-state index is 10.5. The summed E-state index contributed by atoms with van der Waals surface area (Å²) >= 11 is 0. The van der Waals surface area contributed by atoms with Gasteiger partial charge in [-0.2, -0.15) is 0 Å². The van der Waals surface area contributed by atoms with Crippen molar-refractivity contribution in [3.63, 3.8) is 0 Å². The number of benzene rings is 2. The van der Waals surface area contributed by atoms with Gasteiger partial charge in [0.15, 0.2) is 0 Å². The highest BCUT2D eigenvalue weighted by Crippen LogP contribution is 2.29. The van der Waals surface area contributed by atoms with Gasteiger partial charge in [-0.25, -0.2) is 0 Å². The number of rotatable bonds is 4. The number of carbonyl (C=O) groups excluding carboxylic acids is 1. The van der Waals surface area contributed by atoms with E-state index in [-0.39, 0.29) is 0 Å². The fourth-order valence-electron chi connectivity index (χ4n) is 2.74. The first-order valence-electron chi connectivity index (χ1n) is 7.36. The summed E-state index contributed by atoms with van der Waals surface area (Å²) in [6.45, 7) is 0. The minimum Gasteiger partial charge on any atom is -0.303 e. The molecule has 0 atom stereocenters. The predicted octanol–water partition coefficient (Wildman–Crippen LogP) is 4.36. The molecule has 0 fully saturated rings. The third-order valence-electron chi connectivity index (χ3n) is 3.86. The van der Waals surface area contributed by atoms with Gasteiger partial charge >= 0.3 is 0 Å². The minimum absolute atomic E-state index is 0.591. The monoisotopic (exact) mass is 274 g/mol. The van der Waals surface area contributed by atoms with Crippen LogP contribution in [0.5, 0.6) is 0 Å². The zero-order valence-corrected chi connectivity index (χ0v) is 12.0. The van der Waals surface area contributed by atoms with Crippen molar-refractivity contribution in [2.24, 2.45) is 0 Å². The molecule has 0 unspecified atom stereocenters. The average Bonchev–Trinajstić information content (AvgIpc) is 2.76. The summed E-state index contributed by atoms with van der Waals surface area (Å²) in [6, 6.07) is 17.1. The van der Waals surface area contributed by atoms with Crippen molar-refractivity contribution < 1.29 is 4.79 Å². The Bertz CT molecular complexity index is 690. The lowest BCUT2D eigenvalue weighted by atomic mass is 9.93. The Morgan fingerprint density at radius 2 is 1.81 bits per heavy atom. The van der Waals surface area contributed by atoms with Crippen LogP contribution in [-0.2, 0) is 17.6 Å². The molecule has 2 aromatic carbocycles. The van der Waals surface area contributed by atoms with E-state index < -0.39 is 0 Å². The lowest BCUT2D eigenvalue weighted by Gasteiger charge is -2.11. The second-order valence-electron chi connectivity index (χ2n) is 5.27. The number of aldehydes is 1. The van der Waals surface area contributed by atoms with Crippen molar-refractivity contribution in [2.75, 3.05) is 0 Å². The van der Waals surface area contributed by atoms with Crippen molar-refractivity contribution in [1.82, 2.24) is 0 Å². The number of hydrogen-bond donors (Lipinski definition) is 0. The lowest BCUT2D eigenvalue weighted by molar-refractivity contribution is -0.107. The van der Waals surface area contributed by atoms with Gasteiger partial charge in [0, 0.05) is 6.42 Å². The van der Waals surface area contributed by atoms with Crippen LogP contribution in [0, 0.1) is 0 Å². The average molecular weight is 274 g/mol. The van der Waals surface area contributed by atoms with Crippen LogP contribution in [0.2, 0.25) is 0 Å². The van der Waals surface area contributed by atoms with Crippen LogP contribution in [0.4, 0.5) is 0 Å². The van der Waals surface area contributed by atoms with Gasteiger partial charge in [0.05, 0.1) is 0 Å². The quantitative estimate of drug-likeness (QED) is 0.757. The summed E-state index contributed by atoms with van der Waals surface area (Å²) in [4.78, 5) is 10.5. The normalized spacial score (nSPS) is 13.2. The molecular formula is C20H18O. The summed E-state index contributed by atoms with van der Waals surface area (Å²) in [5, 5.41) is 0. The highest BCUT2D eigenvalue weighted by Gasteiger charge is 2.10. The van der Waals surface area contributed by atoms with Gasteiger partial charge in [0.25, 0.3) is 0 Å². The number of carbonyl (C=O) groups is 1. The number of fused-ring (bicyclic) bond motifs is 1. The van der Waals surface area contributed by atoms with E-state index in [1.54, 1.807) is 0 Å². The molecule has 0 bridgehead atoms. The molecule has 0 radical (unpaired) electrons. The van der Waals surface area contributed by atoms with Gasteiger partial charge < -0.3 is 4.79 Å². The molecule has 0 aromatic heterocycles. The Kier molecular flexibility index (Phi) is 4.11. The van der Waals surface area contributed by atoms with Crippen LogP contribution in [0.25, 0.3) is 5.57 Å². The molecule has 1 aliphatic rings. The topological polar surface area (TPSA) is 17.1 Å². The van der Waals surface area contributed by atoms with Crippen molar-refractivity contribution in [3.8, 4) is 0 Å². The molecule has 2 aromatic rings. The summed E-state index contributed by atoms with van der Waals surface area (Å²) in [5.74, 6) is 0. The smallest absolute Gasteiger partial charge is 0.120 e. The fraction of sp³-hybridized carbons (Fsp3) is 0.150. The Balaban J connectivity index is 1.95. The lowest BCUT2D eigenvalue weighted by Crippen LogP contribution is -1.93. The van der Waals surface area contributed by atoms with Gasteiger partial charge in [-0.05, 0) is 40.7 Å². The number of aryl methyl sites for hydroxylation is 1. The molecule has 0 amide bonds. The standard InChI is InChI=1S/C20H18O/c21-15-5-6-16-11-13-18(14-12-16)20-10-4-2-8-17-7-1-3-9-19(17)20/h1-4,7,9-15H,5-6,8H2. The summed E-state index contributed by atoms with van der Waals surface area (Å²) in [5.41, 5.74) is 6.37. The molecule has 0 spiro atoms. The van der Waals surface area contributed by atoms with Crippen LogP contribution in [0.15, 0.2) is 66.8 Å². The Hall–Kier alpha value is -2.41. The SMILES string of the molecule is O=CCCc1ccc(C2=CC=CCc3ccccc32)cc1. The molecule has 0 heterocycles. The summed E-state index contributed by atoms with van der Waals surface area (Å²) < 4.78 is 0. The Labute approximate surface area is 125 Å². The van der Waals surface area contributed by atoms with Crippen LogP contribution in [-0.4, -0.2) is 6.29 Å².